The number of halogens is 1. The largest absolute Gasteiger partial charge is 0.497 e. The number of ether oxygens (including phenoxy) is 1. The Balaban J connectivity index is 2.12. The van der Waals surface area contributed by atoms with Gasteiger partial charge >= 0.3 is 0 Å². The molecule has 0 bridgehead atoms. The number of methoxy groups -OCH3 is 1. The summed E-state index contributed by atoms with van der Waals surface area (Å²) in [7, 11) is 1.54. The number of nitrogens with one attached hydrogen (secondary N) is 2. The lowest BCUT2D eigenvalue weighted by Crippen LogP contribution is -2.54. The number of rotatable bonds is 9. The Labute approximate surface area is 168 Å². The maximum Gasteiger partial charge on any atom is 0.243 e. The summed E-state index contributed by atoms with van der Waals surface area (Å²) in [5.74, 6) is -1.50. The minimum Gasteiger partial charge on any atom is -0.497 e. The molecule has 29 heavy (non-hydrogen) atoms. The summed E-state index contributed by atoms with van der Waals surface area (Å²) in [4.78, 5) is 36.1. The molecule has 2 rings (SSSR count). The van der Waals surface area contributed by atoms with Crippen LogP contribution in [0.4, 0.5) is 4.39 Å². The molecule has 3 amide bonds. The van der Waals surface area contributed by atoms with Crippen LogP contribution in [0.5, 0.6) is 5.75 Å². The van der Waals surface area contributed by atoms with Gasteiger partial charge in [0.1, 0.15) is 23.7 Å². The molecule has 7 nitrogen and oxygen atoms in total. The van der Waals surface area contributed by atoms with Crippen LogP contribution in [0.15, 0.2) is 48.5 Å². The first-order valence-electron chi connectivity index (χ1n) is 9.02. The van der Waals surface area contributed by atoms with Crippen LogP contribution >= 0.6 is 0 Å². The second-order valence-electron chi connectivity index (χ2n) is 6.60. The standard InChI is InChI=1S/C21H24FN3O4/c1-13(26)24-19(12-15-4-3-5-16(22)10-15)21(28)25-18(20(23)27)11-14-6-8-17(29-2)9-7-14/h3-10,18-19H,11-12H2,1-2H3,(H2,23,27)(H,24,26)(H,25,28)/t18-,19-/m0/s1. The van der Waals surface area contributed by atoms with E-state index in [1.807, 2.05) is 0 Å². The highest BCUT2D eigenvalue weighted by Crippen LogP contribution is 2.13. The van der Waals surface area contributed by atoms with Gasteiger partial charge < -0.3 is 21.1 Å². The average molecular weight is 401 g/mol. The van der Waals surface area contributed by atoms with Gasteiger partial charge in [-0.1, -0.05) is 24.3 Å². The Hall–Kier alpha value is -3.42. The van der Waals surface area contributed by atoms with Gasteiger partial charge in [0.2, 0.25) is 17.7 Å². The molecule has 0 fully saturated rings. The zero-order valence-electron chi connectivity index (χ0n) is 16.3. The van der Waals surface area contributed by atoms with Gasteiger partial charge in [-0.25, -0.2) is 4.39 Å². The quantitative estimate of drug-likeness (QED) is 0.584. The van der Waals surface area contributed by atoms with Gasteiger partial charge in [-0.3, -0.25) is 14.4 Å². The van der Waals surface area contributed by atoms with Gasteiger partial charge in [-0.2, -0.15) is 0 Å². The normalized spacial score (nSPS) is 12.5. The van der Waals surface area contributed by atoms with Crippen molar-refractivity contribution in [2.75, 3.05) is 7.11 Å². The van der Waals surface area contributed by atoms with E-state index in [0.29, 0.717) is 11.3 Å². The van der Waals surface area contributed by atoms with E-state index >= 15 is 0 Å². The molecule has 0 radical (unpaired) electrons. The predicted molar refractivity (Wildman–Crippen MR) is 106 cm³/mol. The molecule has 0 spiro atoms. The minimum absolute atomic E-state index is 0.0667. The number of nitrogens with two attached hydrogens (primary N) is 1. The summed E-state index contributed by atoms with van der Waals surface area (Å²) >= 11 is 0. The first kappa shape index (κ1) is 21.9. The van der Waals surface area contributed by atoms with Crippen molar-refractivity contribution < 1.29 is 23.5 Å². The van der Waals surface area contributed by atoms with E-state index < -0.39 is 35.6 Å². The molecule has 0 heterocycles. The summed E-state index contributed by atoms with van der Waals surface area (Å²) < 4.78 is 18.5. The summed E-state index contributed by atoms with van der Waals surface area (Å²) in [6.45, 7) is 1.27. The number of carbonyl (C=O) groups excluding carboxylic acids is 3. The Morgan fingerprint density at radius 2 is 1.66 bits per heavy atom. The molecule has 0 saturated heterocycles. The van der Waals surface area contributed by atoms with E-state index in [2.05, 4.69) is 10.6 Å². The van der Waals surface area contributed by atoms with Crippen molar-refractivity contribution in [1.29, 1.82) is 0 Å². The van der Waals surface area contributed by atoms with Gasteiger partial charge in [0.05, 0.1) is 7.11 Å². The molecule has 2 atom stereocenters. The maximum absolute atomic E-state index is 13.4. The minimum atomic E-state index is -0.980. The molecule has 0 unspecified atom stereocenters. The second kappa shape index (κ2) is 10.2. The van der Waals surface area contributed by atoms with E-state index in [1.165, 1.54) is 25.1 Å². The monoisotopic (exact) mass is 401 g/mol. The topological polar surface area (TPSA) is 111 Å². The van der Waals surface area contributed by atoms with Crippen molar-refractivity contribution in [3.05, 3.63) is 65.5 Å². The molecule has 0 aliphatic heterocycles. The van der Waals surface area contributed by atoms with Crippen LogP contribution in [0.1, 0.15) is 18.1 Å². The highest BCUT2D eigenvalue weighted by atomic mass is 19.1. The van der Waals surface area contributed by atoms with Crippen molar-refractivity contribution in [3.8, 4) is 5.75 Å². The van der Waals surface area contributed by atoms with E-state index in [9.17, 15) is 18.8 Å². The molecule has 0 saturated carbocycles. The fraction of sp³-hybridized carbons (Fsp3) is 0.286. The van der Waals surface area contributed by atoms with Crippen LogP contribution in [0.3, 0.4) is 0 Å². The lowest BCUT2D eigenvalue weighted by Gasteiger charge is -2.22. The average Bonchev–Trinajstić information content (AvgIpc) is 2.67. The van der Waals surface area contributed by atoms with E-state index in [1.54, 1.807) is 37.4 Å². The van der Waals surface area contributed by atoms with Crippen LogP contribution in [-0.2, 0) is 27.2 Å². The van der Waals surface area contributed by atoms with E-state index in [-0.39, 0.29) is 12.8 Å². The summed E-state index contributed by atoms with van der Waals surface area (Å²) in [5, 5.41) is 5.11. The van der Waals surface area contributed by atoms with Crippen LogP contribution in [0.25, 0.3) is 0 Å². The number of benzene rings is 2. The molecule has 0 aliphatic carbocycles. The number of primary amides is 1. The van der Waals surface area contributed by atoms with Crippen molar-refractivity contribution in [2.24, 2.45) is 5.73 Å². The zero-order valence-corrected chi connectivity index (χ0v) is 16.3. The first-order valence-corrected chi connectivity index (χ1v) is 9.02. The fourth-order valence-corrected chi connectivity index (χ4v) is 2.85. The van der Waals surface area contributed by atoms with Crippen molar-refractivity contribution in [2.45, 2.75) is 31.8 Å². The van der Waals surface area contributed by atoms with Crippen molar-refractivity contribution in [3.63, 3.8) is 0 Å². The maximum atomic E-state index is 13.4. The Morgan fingerprint density at radius 1 is 1.00 bits per heavy atom. The molecule has 0 aromatic heterocycles. The molecular weight excluding hydrogens is 377 g/mol. The third-order valence-corrected chi connectivity index (χ3v) is 4.28. The van der Waals surface area contributed by atoms with Crippen LogP contribution < -0.4 is 21.1 Å². The van der Waals surface area contributed by atoms with Crippen molar-refractivity contribution >= 4 is 17.7 Å². The second-order valence-corrected chi connectivity index (χ2v) is 6.60. The van der Waals surface area contributed by atoms with Gasteiger partial charge in [-0.15, -0.1) is 0 Å². The highest BCUT2D eigenvalue weighted by molar-refractivity contribution is 5.91. The van der Waals surface area contributed by atoms with Gasteiger partial charge in [0.15, 0.2) is 0 Å². The molecule has 8 heteroatoms. The highest BCUT2D eigenvalue weighted by Gasteiger charge is 2.25. The smallest absolute Gasteiger partial charge is 0.243 e. The number of carbonyl (C=O) groups is 3. The molecule has 2 aromatic carbocycles. The lowest BCUT2D eigenvalue weighted by atomic mass is 10.0. The van der Waals surface area contributed by atoms with Crippen LogP contribution in [-0.4, -0.2) is 36.9 Å². The van der Waals surface area contributed by atoms with Gasteiger partial charge in [0, 0.05) is 19.8 Å². The third kappa shape index (κ3) is 6.91. The van der Waals surface area contributed by atoms with E-state index in [0.717, 1.165) is 5.56 Å². The first-order chi connectivity index (χ1) is 13.8. The molecular formula is C21H24FN3O4. The molecule has 154 valence electrons. The third-order valence-electron chi connectivity index (χ3n) is 4.28. The number of hydrogen-bond acceptors (Lipinski definition) is 4. The summed E-state index contributed by atoms with van der Waals surface area (Å²) in [6.07, 6.45) is 0.245. The Morgan fingerprint density at radius 3 is 2.21 bits per heavy atom. The van der Waals surface area contributed by atoms with Gasteiger partial charge in [-0.05, 0) is 35.4 Å². The predicted octanol–water partition coefficient (Wildman–Crippen LogP) is 1.09. The molecule has 2 aromatic rings. The van der Waals surface area contributed by atoms with E-state index in [4.69, 9.17) is 10.5 Å². The van der Waals surface area contributed by atoms with Crippen molar-refractivity contribution in [1.82, 2.24) is 10.6 Å². The summed E-state index contributed by atoms with van der Waals surface area (Å²) in [6, 6.07) is 10.8. The lowest BCUT2D eigenvalue weighted by molar-refractivity contribution is -0.130. The molecule has 4 N–H and O–H groups in total. The van der Waals surface area contributed by atoms with Crippen LogP contribution in [0, 0.1) is 5.82 Å². The Bertz CT molecular complexity index is 870. The van der Waals surface area contributed by atoms with Gasteiger partial charge in [0.25, 0.3) is 0 Å². The number of hydrogen-bond donors (Lipinski definition) is 3. The number of amides is 3. The van der Waals surface area contributed by atoms with Crippen LogP contribution in [0.2, 0.25) is 0 Å². The zero-order chi connectivity index (χ0) is 21.4. The molecule has 0 aliphatic rings. The Kier molecular flexibility index (Phi) is 7.70. The fourth-order valence-electron chi connectivity index (χ4n) is 2.85. The summed E-state index contributed by atoms with van der Waals surface area (Å²) in [5.41, 5.74) is 6.75. The SMILES string of the molecule is COc1ccc(C[C@H](NC(=O)[C@H](Cc2cccc(F)c2)NC(C)=O)C(N)=O)cc1.